The van der Waals surface area contributed by atoms with E-state index in [0.29, 0.717) is 11.3 Å². The lowest BCUT2D eigenvalue weighted by Gasteiger charge is -2.09. The van der Waals surface area contributed by atoms with Crippen LogP contribution in [0.15, 0.2) is 48.6 Å². The fraction of sp³-hybridized carbons (Fsp3) is 0.167. The van der Waals surface area contributed by atoms with Crippen LogP contribution >= 0.6 is 0 Å². The minimum atomic E-state index is -0.820. The molecule has 1 aromatic carbocycles. The molecule has 126 valence electrons. The monoisotopic (exact) mass is 330 g/mol. The summed E-state index contributed by atoms with van der Waals surface area (Å²) in [6.07, 6.45) is 2.52. The molecule has 0 saturated carbocycles. The van der Waals surface area contributed by atoms with Crippen molar-refractivity contribution in [1.29, 1.82) is 0 Å². The Balaban J connectivity index is 2.87. The molecule has 6 nitrogen and oxygen atoms in total. The van der Waals surface area contributed by atoms with Crippen LogP contribution in [0.1, 0.15) is 19.4 Å². The van der Waals surface area contributed by atoms with Gasteiger partial charge in [0, 0.05) is 17.2 Å². The standard InChI is InChI=1S/C18H18O6/c1-11(2)17(20)23-14-8-6-13(10-15(14)22-5)7-9-16(19)24-18(21)12(3)4/h6-10H,1,3H2,2,4-5H3/b9-7+. The summed E-state index contributed by atoms with van der Waals surface area (Å²) in [6, 6.07) is 4.68. The molecule has 0 aliphatic heterocycles. The van der Waals surface area contributed by atoms with Crippen LogP contribution in [0, 0.1) is 0 Å². The zero-order valence-corrected chi connectivity index (χ0v) is 13.8. The van der Waals surface area contributed by atoms with Crippen molar-refractivity contribution in [2.24, 2.45) is 0 Å². The molecule has 6 heteroatoms. The van der Waals surface area contributed by atoms with Crippen LogP contribution in [0.4, 0.5) is 0 Å². The summed E-state index contributed by atoms with van der Waals surface area (Å²) in [5.41, 5.74) is 0.967. The van der Waals surface area contributed by atoms with Crippen LogP contribution < -0.4 is 9.47 Å². The summed E-state index contributed by atoms with van der Waals surface area (Å²) in [7, 11) is 1.42. The first-order valence-corrected chi connectivity index (χ1v) is 6.90. The van der Waals surface area contributed by atoms with E-state index < -0.39 is 17.9 Å². The van der Waals surface area contributed by atoms with E-state index >= 15 is 0 Å². The van der Waals surface area contributed by atoms with E-state index in [1.54, 1.807) is 12.1 Å². The predicted octanol–water partition coefficient (Wildman–Crippen LogP) is 2.84. The third-order valence-electron chi connectivity index (χ3n) is 2.69. The number of carbonyl (C=O) groups is 3. The summed E-state index contributed by atoms with van der Waals surface area (Å²) in [5, 5.41) is 0. The lowest BCUT2D eigenvalue weighted by atomic mass is 10.2. The highest BCUT2D eigenvalue weighted by atomic mass is 16.6. The van der Waals surface area contributed by atoms with E-state index in [2.05, 4.69) is 17.9 Å². The van der Waals surface area contributed by atoms with Crippen LogP contribution in [-0.4, -0.2) is 25.0 Å². The number of methoxy groups -OCH3 is 1. The van der Waals surface area contributed by atoms with Crippen LogP contribution in [0.5, 0.6) is 11.5 Å². The molecule has 0 heterocycles. The van der Waals surface area contributed by atoms with Crippen molar-refractivity contribution < 1.29 is 28.6 Å². The number of esters is 3. The fourth-order valence-electron chi connectivity index (χ4n) is 1.44. The zero-order chi connectivity index (χ0) is 18.3. The summed E-state index contributed by atoms with van der Waals surface area (Å²) < 4.78 is 14.8. The molecule has 0 bridgehead atoms. The SMILES string of the molecule is C=C(C)C(=O)OC(=O)/C=C/c1ccc(OC(=O)C(=C)C)c(OC)c1. The fourth-order valence-corrected chi connectivity index (χ4v) is 1.44. The number of benzene rings is 1. The van der Waals surface area contributed by atoms with Crippen molar-refractivity contribution in [3.05, 3.63) is 54.1 Å². The average molecular weight is 330 g/mol. The zero-order valence-electron chi connectivity index (χ0n) is 13.8. The largest absolute Gasteiger partial charge is 0.493 e. The average Bonchev–Trinajstić information content (AvgIpc) is 2.53. The van der Waals surface area contributed by atoms with E-state index in [1.165, 1.54) is 33.1 Å². The summed E-state index contributed by atoms with van der Waals surface area (Å²) in [5.74, 6) is -1.65. The van der Waals surface area contributed by atoms with Crippen molar-refractivity contribution in [2.75, 3.05) is 7.11 Å². The third-order valence-corrected chi connectivity index (χ3v) is 2.69. The molecule has 1 aromatic rings. The summed E-state index contributed by atoms with van der Waals surface area (Å²) in [6.45, 7) is 9.85. The van der Waals surface area contributed by atoms with Gasteiger partial charge in [0.25, 0.3) is 0 Å². The molecule has 0 fully saturated rings. The Morgan fingerprint density at radius 1 is 1.00 bits per heavy atom. The number of hydrogen-bond donors (Lipinski definition) is 0. The second-order valence-electron chi connectivity index (χ2n) is 4.90. The van der Waals surface area contributed by atoms with Gasteiger partial charge in [-0.2, -0.15) is 0 Å². The highest BCUT2D eigenvalue weighted by Crippen LogP contribution is 2.29. The van der Waals surface area contributed by atoms with Gasteiger partial charge in [0.15, 0.2) is 11.5 Å². The Morgan fingerprint density at radius 3 is 2.17 bits per heavy atom. The highest BCUT2D eigenvalue weighted by molar-refractivity contribution is 6.00. The molecule has 0 amide bonds. The molecule has 0 unspecified atom stereocenters. The number of rotatable bonds is 6. The molecule has 0 N–H and O–H groups in total. The third kappa shape index (κ3) is 5.57. The van der Waals surface area contributed by atoms with Gasteiger partial charge < -0.3 is 14.2 Å². The van der Waals surface area contributed by atoms with Gasteiger partial charge in [0.1, 0.15) is 0 Å². The number of hydrogen-bond acceptors (Lipinski definition) is 6. The van der Waals surface area contributed by atoms with Crippen molar-refractivity contribution in [2.45, 2.75) is 13.8 Å². The maximum atomic E-state index is 11.5. The Bertz CT molecular complexity index is 727. The van der Waals surface area contributed by atoms with Gasteiger partial charge in [-0.25, -0.2) is 14.4 Å². The predicted molar refractivity (Wildman–Crippen MR) is 88.4 cm³/mol. The van der Waals surface area contributed by atoms with Gasteiger partial charge in [-0.05, 0) is 37.6 Å². The van der Waals surface area contributed by atoms with Crippen LogP contribution in [0.25, 0.3) is 6.08 Å². The molecule has 1 rings (SSSR count). The molecule has 0 spiro atoms. The summed E-state index contributed by atoms with van der Waals surface area (Å²) in [4.78, 5) is 34.3. The minimum Gasteiger partial charge on any atom is -0.493 e. The van der Waals surface area contributed by atoms with Gasteiger partial charge in [-0.3, -0.25) is 0 Å². The molecule has 0 atom stereocenters. The van der Waals surface area contributed by atoms with Crippen molar-refractivity contribution in [1.82, 2.24) is 0 Å². The van der Waals surface area contributed by atoms with Crippen LogP contribution in [0.3, 0.4) is 0 Å². The molecule has 0 aromatic heterocycles. The van der Waals surface area contributed by atoms with Gasteiger partial charge in [0.05, 0.1) is 7.11 Å². The smallest absolute Gasteiger partial charge is 0.340 e. The second-order valence-corrected chi connectivity index (χ2v) is 4.90. The van der Waals surface area contributed by atoms with Crippen LogP contribution in [-0.2, 0) is 19.1 Å². The molecule has 24 heavy (non-hydrogen) atoms. The normalized spacial score (nSPS) is 10.1. The second kappa shape index (κ2) is 8.47. The maximum absolute atomic E-state index is 11.5. The Kier molecular flexibility index (Phi) is 6.67. The van der Waals surface area contributed by atoms with Gasteiger partial charge in [0.2, 0.25) is 0 Å². The van der Waals surface area contributed by atoms with E-state index in [4.69, 9.17) is 9.47 Å². The van der Waals surface area contributed by atoms with Gasteiger partial charge in [-0.15, -0.1) is 0 Å². The van der Waals surface area contributed by atoms with E-state index in [9.17, 15) is 14.4 Å². The van der Waals surface area contributed by atoms with Crippen molar-refractivity contribution >= 4 is 24.0 Å². The Labute approximate surface area is 140 Å². The van der Waals surface area contributed by atoms with Gasteiger partial charge >= 0.3 is 17.9 Å². The van der Waals surface area contributed by atoms with E-state index in [0.717, 1.165) is 6.08 Å². The molecule has 0 radical (unpaired) electrons. The Morgan fingerprint density at radius 2 is 1.62 bits per heavy atom. The first-order valence-electron chi connectivity index (χ1n) is 6.90. The molecule has 0 saturated heterocycles. The van der Waals surface area contributed by atoms with Crippen molar-refractivity contribution in [3.8, 4) is 11.5 Å². The van der Waals surface area contributed by atoms with E-state index in [-0.39, 0.29) is 16.9 Å². The molecular weight excluding hydrogens is 312 g/mol. The quantitative estimate of drug-likeness (QED) is 0.345. The number of carbonyl (C=O) groups excluding carboxylic acids is 3. The Hall–Kier alpha value is -3.15. The van der Waals surface area contributed by atoms with Gasteiger partial charge in [-0.1, -0.05) is 19.2 Å². The minimum absolute atomic E-state index is 0.127. The molecule has 0 aliphatic carbocycles. The first-order chi connectivity index (χ1) is 11.2. The lowest BCUT2D eigenvalue weighted by Crippen LogP contribution is -2.10. The van der Waals surface area contributed by atoms with Crippen LogP contribution in [0.2, 0.25) is 0 Å². The number of ether oxygens (including phenoxy) is 3. The lowest BCUT2D eigenvalue weighted by molar-refractivity contribution is -0.153. The summed E-state index contributed by atoms with van der Waals surface area (Å²) >= 11 is 0. The maximum Gasteiger partial charge on any atom is 0.340 e. The van der Waals surface area contributed by atoms with Crippen molar-refractivity contribution in [3.63, 3.8) is 0 Å². The topological polar surface area (TPSA) is 78.9 Å². The molecule has 0 aliphatic rings. The first kappa shape index (κ1) is 18.9. The van der Waals surface area contributed by atoms with E-state index in [1.807, 2.05) is 0 Å². The molecular formula is C18H18O6. The highest BCUT2D eigenvalue weighted by Gasteiger charge is 2.11.